The summed E-state index contributed by atoms with van der Waals surface area (Å²) in [5.41, 5.74) is 8.11. The lowest BCUT2D eigenvalue weighted by molar-refractivity contribution is 0.590. The smallest absolute Gasteiger partial charge is 0.0572 e. The van der Waals surface area contributed by atoms with Crippen LogP contribution in [0.5, 0.6) is 0 Å². The van der Waals surface area contributed by atoms with Crippen LogP contribution in [0.1, 0.15) is 51.8 Å². The van der Waals surface area contributed by atoms with Crippen LogP contribution in [0.4, 0.5) is 5.69 Å². The fraction of sp³-hybridized carbons (Fsp3) is 0.643. The second-order valence-corrected chi connectivity index (χ2v) is 4.54. The van der Waals surface area contributed by atoms with Crippen LogP contribution in [0.2, 0.25) is 0 Å². The first-order chi connectivity index (χ1) is 8.13. The predicted octanol–water partition coefficient (Wildman–Crippen LogP) is 3.12. The molecule has 1 atom stereocenters. The molecule has 0 bridgehead atoms. The van der Waals surface area contributed by atoms with E-state index in [0.29, 0.717) is 6.04 Å². The fourth-order valence-electron chi connectivity index (χ4n) is 2.08. The van der Waals surface area contributed by atoms with Crippen LogP contribution in [0, 0.1) is 0 Å². The number of nitrogens with zero attached hydrogens (tertiary/aromatic N) is 2. The van der Waals surface area contributed by atoms with E-state index in [2.05, 4.69) is 43.8 Å². The van der Waals surface area contributed by atoms with Gasteiger partial charge in [-0.25, -0.2) is 0 Å². The van der Waals surface area contributed by atoms with Crippen LogP contribution in [0.3, 0.4) is 0 Å². The Morgan fingerprint density at radius 3 is 2.24 bits per heavy atom. The molecule has 3 nitrogen and oxygen atoms in total. The normalized spacial score (nSPS) is 12.8. The van der Waals surface area contributed by atoms with E-state index in [-0.39, 0.29) is 6.04 Å². The Bertz CT molecular complexity index is 317. The molecule has 1 aromatic rings. The second-order valence-electron chi connectivity index (χ2n) is 4.54. The van der Waals surface area contributed by atoms with E-state index >= 15 is 0 Å². The molecule has 2 N–H and O–H groups in total. The first kappa shape index (κ1) is 14.0. The number of hydrogen-bond acceptors (Lipinski definition) is 3. The van der Waals surface area contributed by atoms with Crippen molar-refractivity contribution in [2.45, 2.75) is 52.1 Å². The summed E-state index contributed by atoms with van der Waals surface area (Å²) in [5, 5.41) is 0. The van der Waals surface area contributed by atoms with Gasteiger partial charge in [-0.3, -0.25) is 4.98 Å². The quantitative estimate of drug-likeness (QED) is 0.823. The molecule has 0 aliphatic rings. The van der Waals surface area contributed by atoms with Gasteiger partial charge in [-0.1, -0.05) is 20.8 Å². The highest BCUT2D eigenvalue weighted by molar-refractivity contribution is 5.45. The van der Waals surface area contributed by atoms with E-state index in [9.17, 15) is 0 Å². The monoisotopic (exact) mass is 235 g/mol. The van der Waals surface area contributed by atoms with Crippen molar-refractivity contribution >= 4 is 5.69 Å². The van der Waals surface area contributed by atoms with Crippen molar-refractivity contribution in [3.63, 3.8) is 0 Å². The molecule has 0 aliphatic carbocycles. The largest absolute Gasteiger partial charge is 0.370 e. The Kier molecular flexibility index (Phi) is 5.42. The molecule has 17 heavy (non-hydrogen) atoms. The summed E-state index contributed by atoms with van der Waals surface area (Å²) in [6.07, 6.45) is 5.17. The van der Waals surface area contributed by atoms with Gasteiger partial charge < -0.3 is 10.6 Å². The average Bonchev–Trinajstić information content (AvgIpc) is 2.39. The summed E-state index contributed by atoms with van der Waals surface area (Å²) >= 11 is 0. The lowest BCUT2D eigenvalue weighted by Crippen LogP contribution is -2.30. The molecule has 1 unspecified atom stereocenters. The molecule has 0 saturated heterocycles. The number of hydrogen-bond donors (Lipinski definition) is 1. The zero-order chi connectivity index (χ0) is 12.8. The van der Waals surface area contributed by atoms with Crippen LogP contribution in [-0.4, -0.2) is 18.1 Å². The van der Waals surface area contributed by atoms with Gasteiger partial charge in [0.25, 0.3) is 0 Å². The highest BCUT2D eigenvalue weighted by Crippen LogP contribution is 2.19. The molecular weight excluding hydrogens is 210 g/mol. The van der Waals surface area contributed by atoms with E-state index in [1.807, 2.05) is 12.3 Å². The van der Waals surface area contributed by atoms with Gasteiger partial charge in [-0.05, 0) is 31.4 Å². The van der Waals surface area contributed by atoms with Gasteiger partial charge in [0.15, 0.2) is 0 Å². The summed E-state index contributed by atoms with van der Waals surface area (Å²) < 4.78 is 0. The van der Waals surface area contributed by atoms with Crippen molar-refractivity contribution in [3.8, 4) is 0 Å². The lowest BCUT2D eigenvalue weighted by atomic mass is 10.1. The molecule has 0 aliphatic heterocycles. The van der Waals surface area contributed by atoms with Crippen LogP contribution >= 0.6 is 0 Å². The van der Waals surface area contributed by atoms with Gasteiger partial charge in [0.2, 0.25) is 0 Å². The number of anilines is 1. The number of pyridine rings is 1. The summed E-state index contributed by atoms with van der Waals surface area (Å²) in [6.45, 7) is 6.52. The summed E-state index contributed by atoms with van der Waals surface area (Å²) in [7, 11) is 2.13. The van der Waals surface area contributed by atoms with Crippen molar-refractivity contribution < 1.29 is 0 Å². The highest BCUT2D eigenvalue weighted by atomic mass is 15.1. The maximum Gasteiger partial charge on any atom is 0.0572 e. The van der Waals surface area contributed by atoms with E-state index < -0.39 is 0 Å². The van der Waals surface area contributed by atoms with Crippen LogP contribution in [0.25, 0.3) is 0 Å². The molecule has 0 spiro atoms. The average molecular weight is 235 g/mol. The Balaban J connectivity index is 2.79. The number of rotatable bonds is 6. The summed E-state index contributed by atoms with van der Waals surface area (Å²) in [5.74, 6) is 0. The van der Waals surface area contributed by atoms with Gasteiger partial charge in [-0.2, -0.15) is 0 Å². The summed E-state index contributed by atoms with van der Waals surface area (Å²) in [6, 6.07) is 4.81. The first-order valence-corrected chi connectivity index (χ1v) is 6.58. The molecule has 0 aromatic carbocycles. The topological polar surface area (TPSA) is 42.1 Å². The standard InChI is InChI=1S/C14H25N3/c1-5-11(6-2)17(4)12-8-9-14(16-10-12)13(15)7-3/h8-11,13H,5-7,15H2,1-4H3. The molecule has 0 fully saturated rings. The SMILES string of the molecule is CCC(N)c1ccc(N(C)C(CC)CC)cn1. The third-order valence-corrected chi connectivity index (χ3v) is 3.49. The van der Waals surface area contributed by atoms with Crippen molar-refractivity contribution in [2.24, 2.45) is 5.73 Å². The third kappa shape index (κ3) is 3.43. The van der Waals surface area contributed by atoms with Crippen LogP contribution in [-0.2, 0) is 0 Å². The minimum absolute atomic E-state index is 0.0579. The Morgan fingerprint density at radius 2 is 1.82 bits per heavy atom. The first-order valence-electron chi connectivity index (χ1n) is 6.58. The zero-order valence-corrected chi connectivity index (χ0v) is 11.5. The van der Waals surface area contributed by atoms with Crippen molar-refractivity contribution in [1.82, 2.24) is 4.98 Å². The Morgan fingerprint density at radius 1 is 1.18 bits per heavy atom. The molecule has 0 saturated carbocycles. The van der Waals surface area contributed by atoms with Gasteiger partial charge >= 0.3 is 0 Å². The van der Waals surface area contributed by atoms with E-state index in [1.165, 1.54) is 5.69 Å². The zero-order valence-electron chi connectivity index (χ0n) is 11.5. The summed E-state index contributed by atoms with van der Waals surface area (Å²) in [4.78, 5) is 6.75. The minimum Gasteiger partial charge on any atom is -0.370 e. The molecule has 0 amide bonds. The highest BCUT2D eigenvalue weighted by Gasteiger charge is 2.12. The molecular formula is C14H25N3. The Labute approximate surface area is 105 Å². The van der Waals surface area contributed by atoms with E-state index in [1.54, 1.807) is 0 Å². The minimum atomic E-state index is 0.0579. The molecule has 1 heterocycles. The van der Waals surface area contributed by atoms with E-state index in [0.717, 1.165) is 25.0 Å². The van der Waals surface area contributed by atoms with E-state index in [4.69, 9.17) is 5.73 Å². The molecule has 1 rings (SSSR count). The fourth-order valence-corrected chi connectivity index (χ4v) is 2.08. The van der Waals surface area contributed by atoms with Crippen LogP contribution in [0.15, 0.2) is 18.3 Å². The van der Waals surface area contributed by atoms with Crippen molar-refractivity contribution in [2.75, 3.05) is 11.9 Å². The maximum absolute atomic E-state index is 5.96. The molecule has 1 aromatic heterocycles. The number of nitrogens with two attached hydrogens (primary N) is 1. The lowest BCUT2D eigenvalue weighted by Gasteiger charge is -2.28. The van der Waals surface area contributed by atoms with Crippen molar-refractivity contribution in [1.29, 1.82) is 0 Å². The molecule has 96 valence electrons. The second kappa shape index (κ2) is 6.60. The van der Waals surface area contributed by atoms with Crippen LogP contribution < -0.4 is 10.6 Å². The Hall–Kier alpha value is -1.09. The maximum atomic E-state index is 5.96. The predicted molar refractivity (Wildman–Crippen MR) is 74.2 cm³/mol. The molecule has 0 radical (unpaired) electrons. The van der Waals surface area contributed by atoms with Gasteiger partial charge in [-0.15, -0.1) is 0 Å². The molecule has 3 heteroatoms. The van der Waals surface area contributed by atoms with Gasteiger partial charge in [0.1, 0.15) is 0 Å². The van der Waals surface area contributed by atoms with Gasteiger partial charge in [0, 0.05) is 19.1 Å². The van der Waals surface area contributed by atoms with Gasteiger partial charge in [0.05, 0.1) is 17.6 Å². The number of aromatic nitrogens is 1. The van der Waals surface area contributed by atoms with Crippen molar-refractivity contribution in [3.05, 3.63) is 24.0 Å². The third-order valence-electron chi connectivity index (χ3n) is 3.49.